The van der Waals surface area contributed by atoms with Crippen LogP contribution in [0.1, 0.15) is 52.7 Å². The maximum absolute atomic E-state index is 6.02. The third-order valence-electron chi connectivity index (χ3n) is 4.07. The molecule has 1 heteroatoms. The summed E-state index contributed by atoms with van der Waals surface area (Å²) in [4.78, 5) is 0. The van der Waals surface area contributed by atoms with E-state index in [1.807, 2.05) is 0 Å². The fourth-order valence-corrected chi connectivity index (χ4v) is 3.32. The van der Waals surface area contributed by atoms with Crippen LogP contribution < -0.4 is 0 Å². The summed E-state index contributed by atoms with van der Waals surface area (Å²) in [6.07, 6.45) is 2.16. The highest BCUT2D eigenvalue weighted by atomic mass is 16.3. The van der Waals surface area contributed by atoms with Gasteiger partial charge in [0.25, 0.3) is 0 Å². The number of rotatable bonds is 2. The second-order valence-electron chi connectivity index (χ2n) is 9.24. The molecule has 1 aromatic heterocycles. The minimum absolute atomic E-state index is 0.296. The summed E-state index contributed by atoms with van der Waals surface area (Å²) >= 11 is 0. The largest absolute Gasteiger partial charge is 0.456 e. The Morgan fingerprint density at radius 1 is 0.652 bits per heavy atom. The van der Waals surface area contributed by atoms with Crippen LogP contribution >= 0.6 is 0 Å². The van der Waals surface area contributed by atoms with Crippen LogP contribution in [0.5, 0.6) is 0 Å². The summed E-state index contributed by atoms with van der Waals surface area (Å²) in [6, 6.07) is 13.3. The van der Waals surface area contributed by atoms with Gasteiger partial charge in [-0.05, 0) is 59.1 Å². The molecule has 0 bridgehead atoms. The van der Waals surface area contributed by atoms with E-state index in [9.17, 15) is 0 Å². The van der Waals surface area contributed by atoms with Gasteiger partial charge in [-0.15, -0.1) is 0 Å². The second-order valence-corrected chi connectivity index (χ2v) is 9.24. The van der Waals surface area contributed by atoms with E-state index in [1.165, 1.54) is 21.9 Å². The zero-order chi connectivity index (χ0) is 16.8. The third kappa shape index (κ3) is 3.77. The van der Waals surface area contributed by atoms with E-state index in [-0.39, 0.29) is 0 Å². The van der Waals surface area contributed by atoms with Crippen molar-refractivity contribution in [3.8, 4) is 0 Å². The SMILES string of the molecule is CC(C)(C)Cc1ccc2oc3ccc(CC(C)(C)C)cc3c2c1. The molecule has 122 valence electrons. The van der Waals surface area contributed by atoms with Gasteiger partial charge in [0.1, 0.15) is 11.2 Å². The lowest BCUT2D eigenvalue weighted by Crippen LogP contribution is -2.09. The minimum Gasteiger partial charge on any atom is -0.456 e. The van der Waals surface area contributed by atoms with Gasteiger partial charge in [0.15, 0.2) is 0 Å². The molecule has 0 spiro atoms. The fraction of sp³-hybridized carbons (Fsp3) is 0.455. The van der Waals surface area contributed by atoms with Crippen molar-refractivity contribution in [2.45, 2.75) is 54.4 Å². The first kappa shape index (κ1) is 16.1. The Labute approximate surface area is 139 Å². The van der Waals surface area contributed by atoms with E-state index in [0.717, 1.165) is 24.0 Å². The highest BCUT2D eigenvalue weighted by molar-refractivity contribution is 6.05. The highest BCUT2D eigenvalue weighted by Crippen LogP contribution is 2.33. The molecule has 0 amide bonds. The summed E-state index contributed by atoms with van der Waals surface area (Å²) in [7, 11) is 0. The molecule has 2 aromatic carbocycles. The molecule has 0 aliphatic heterocycles. The zero-order valence-corrected chi connectivity index (χ0v) is 15.3. The van der Waals surface area contributed by atoms with Crippen molar-refractivity contribution < 1.29 is 4.42 Å². The quantitative estimate of drug-likeness (QED) is 0.509. The molecule has 0 aliphatic carbocycles. The molecule has 23 heavy (non-hydrogen) atoms. The predicted molar refractivity (Wildman–Crippen MR) is 100 cm³/mol. The Morgan fingerprint density at radius 2 is 1.04 bits per heavy atom. The van der Waals surface area contributed by atoms with Gasteiger partial charge in [0.2, 0.25) is 0 Å². The maximum atomic E-state index is 6.02. The normalized spacial score (nSPS) is 13.1. The molecule has 0 atom stereocenters. The van der Waals surface area contributed by atoms with Gasteiger partial charge >= 0.3 is 0 Å². The van der Waals surface area contributed by atoms with Crippen molar-refractivity contribution in [2.24, 2.45) is 10.8 Å². The Balaban J connectivity index is 2.09. The van der Waals surface area contributed by atoms with E-state index >= 15 is 0 Å². The average Bonchev–Trinajstić information content (AvgIpc) is 2.73. The van der Waals surface area contributed by atoms with Gasteiger partial charge in [0.05, 0.1) is 0 Å². The number of benzene rings is 2. The molecule has 1 nitrogen and oxygen atoms in total. The first-order chi connectivity index (χ1) is 10.6. The molecule has 0 aliphatic rings. The van der Waals surface area contributed by atoms with Gasteiger partial charge in [-0.3, -0.25) is 0 Å². The molecule has 0 N–H and O–H groups in total. The summed E-state index contributed by atoms with van der Waals surface area (Å²) in [5, 5.41) is 2.50. The lowest BCUT2D eigenvalue weighted by Gasteiger charge is -2.18. The molecule has 0 saturated carbocycles. The zero-order valence-electron chi connectivity index (χ0n) is 15.3. The fourth-order valence-electron chi connectivity index (χ4n) is 3.32. The van der Waals surface area contributed by atoms with Crippen molar-refractivity contribution in [1.82, 2.24) is 0 Å². The van der Waals surface area contributed by atoms with Crippen molar-refractivity contribution in [2.75, 3.05) is 0 Å². The van der Waals surface area contributed by atoms with Gasteiger partial charge in [-0.25, -0.2) is 0 Å². The van der Waals surface area contributed by atoms with Gasteiger partial charge < -0.3 is 4.42 Å². The maximum Gasteiger partial charge on any atom is 0.135 e. The highest BCUT2D eigenvalue weighted by Gasteiger charge is 2.15. The summed E-state index contributed by atoms with van der Waals surface area (Å²) in [6.45, 7) is 13.7. The number of hydrogen-bond acceptors (Lipinski definition) is 1. The van der Waals surface area contributed by atoms with Crippen LogP contribution in [0.25, 0.3) is 21.9 Å². The Hall–Kier alpha value is -1.76. The smallest absolute Gasteiger partial charge is 0.135 e. The van der Waals surface area contributed by atoms with E-state index in [2.05, 4.69) is 77.9 Å². The molecule has 0 fully saturated rings. The van der Waals surface area contributed by atoms with Crippen LogP contribution in [0.15, 0.2) is 40.8 Å². The molecule has 1 heterocycles. The standard InChI is InChI=1S/C22H28O/c1-21(2,3)13-15-7-9-19-17(11-15)18-12-16(14-22(4,5)6)8-10-20(18)23-19/h7-12H,13-14H2,1-6H3. The lowest BCUT2D eigenvalue weighted by atomic mass is 9.87. The van der Waals surface area contributed by atoms with E-state index < -0.39 is 0 Å². The molecule has 3 rings (SSSR count). The van der Waals surface area contributed by atoms with Gasteiger partial charge in [0, 0.05) is 10.8 Å². The van der Waals surface area contributed by atoms with Crippen molar-refractivity contribution >= 4 is 21.9 Å². The summed E-state index contributed by atoms with van der Waals surface area (Å²) < 4.78 is 6.02. The molecular formula is C22H28O. The van der Waals surface area contributed by atoms with Crippen LogP contribution in [0.2, 0.25) is 0 Å². The number of hydrogen-bond donors (Lipinski definition) is 0. The van der Waals surface area contributed by atoms with Gasteiger partial charge in [-0.2, -0.15) is 0 Å². The molecule has 0 saturated heterocycles. The van der Waals surface area contributed by atoms with Gasteiger partial charge in [-0.1, -0.05) is 53.7 Å². The molecule has 0 unspecified atom stereocenters. The monoisotopic (exact) mass is 308 g/mol. The van der Waals surface area contributed by atoms with E-state index in [1.54, 1.807) is 0 Å². The van der Waals surface area contributed by atoms with Crippen LogP contribution in [-0.2, 0) is 12.8 Å². The Morgan fingerprint density at radius 3 is 1.39 bits per heavy atom. The topological polar surface area (TPSA) is 13.1 Å². The van der Waals surface area contributed by atoms with Crippen LogP contribution in [0.4, 0.5) is 0 Å². The lowest BCUT2D eigenvalue weighted by molar-refractivity contribution is 0.411. The molecule has 0 radical (unpaired) electrons. The number of fused-ring (bicyclic) bond motifs is 3. The Bertz CT molecular complexity index is 768. The minimum atomic E-state index is 0.296. The van der Waals surface area contributed by atoms with Crippen LogP contribution in [0, 0.1) is 10.8 Å². The van der Waals surface area contributed by atoms with E-state index in [0.29, 0.717) is 10.8 Å². The molecule has 3 aromatic rings. The van der Waals surface area contributed by atoms with Crippen LogP contribution in [0.3, 0.4) is 0 Å². The summed E-state index contributed by atoms with van der Waals surface area (Å²) in [5.41, 5.74) is 5.34. The number of furan rings is 1. The first-order valence-electron chi connectivity index (χ1n) is 8.55. The predicted octanol–water partition coefficient (Wildman–Crippen LogP) is 6.76. The van der Waals surface area contributed by atoms with Crippen molar-refractivity contribution in [3.05, 3.63) is 47.5 Å². The van der Waals surface area contributed by atoms with Crippen LogP contribution in [-0.4, -0.2) is 0 Å². The van der Waals surface area contributed by atoms with Crippen molar-refractivity contribution in [1.29, 1.82) is 0 Å². The summed E-state index contributed by atoms with van der Waals surface area (Å²) in [5.74, 6) is 0. The second kappa shape index (κ2) is 5.40. The Kier molecular flexibility index (Phi) is 3.78. The van der Waals surface area contributed by atoms with Crippen molar-refractivity contribution in [3.63, 3.8) is 0 Å². The molecular weight excluding hydrogens is 280 g/mol. The van der Waals surface area contributed by atoms with E-state index in [4.69, 9.17) is 4.42 Å². The third-order valence-corrected chi connectivity index (χ3v) is 4.07. The first-order valence-corrected chi connectivity index (χ1v) is 8.55. The average molecular weight is 308 g/mol.